The zero-order valence-electron chi connectivity index (χ0n) is 33.8. The van der Waals surface area contributed by atoms with Crippen molar-refractivity contribution < 1.29 is 41.4 Å². The van der Waals surface area contributed by atoms with Crippen molar-refractivity contribution in [3.63, 3.8) is 0 Å². The molecule has 4 atom stereocenters. The van der Waals surface area contributed by atoms with Crippen LogP contribution in [0.15, 0.2) is 96.1 Å². The molecule has 4 aromatic rings. The summed E-state index contributed by atoms with van der Waals surface area (Å²) in [5.74, 6) is 1.09. The molecular formula is C50H60Cl2Ti. The Morgan fingerprint density at radius 2 is 0.868 bits per heavy atom. The molecule has 1 heterocycles. The first kappa shape index (κ1) is 40.3. The van der Waals surface area contributed by atoms with Crippen LogP contribution in [0, 0.1) is 11.8 Å². The minimum atomic E-state index is -2.76. The minimum absolute atomic E-state index is 0. The molecule has 4 unspecified atom stereocenters. The van der Waals surface area contributed by atoms with Gasteiger partial charge in [-0.05, 0) is 0 Å². The summed E-state index contributed by atoms with van der Waals surface area (Å²) in [4.78, 5) is 0. The van der Waals surface area contributed by atoms with E-state index in [9.17, 15) is 0 Å². The maximum absolute atomic E-state index is 2.76. The van der Waals surface area contributed by atoms with E-state index in [-0.39, 0.29) is 35.6 Å². The molecule has 0 bridgehead atoms. The molecule has 1 saturated carbocycles. The van der Waals surface area contributed by atoms with Crippen LogP contribution in [0.2, 0.25) is 8.45 Å². The van der Waals surface area contributed by atoms with E-state index in [4.69, 9.17) is 0 Å². The summed E-state index contributed by atoms with van der Waals surface area (Å²) in [6.45, 7) is 23.9. The van der Waals surface area contributed by atoms with Crippen LogP contribution in [0.4, 0.5) is 0 Å². The smallest absolute Gasteiger partial charge is 1.00 e. The van der Waals surface area contributed by atoms with Crippen LogP contribution in [0.25, 0.3) is 34.4 Å². The first-order valence-corrected chi connectivity index (χ1v) is 23.7. The summed E-state index contributed by atoms with van der Waals surface area (Å²) < 4.78 is 3.18. The van der Waals surface area contributed by atoms with Gasteiger partial charge in [0.15, 0.2) is 0 Å². The van der Waals surface area contributed by atoms with E-state index in [1.54, 1.807) is 22.3 Å². The molecule has 2 fully saturated rings. The van der Waals surface area contributed by atoms with Gasteiger partial charge in [-0.25, -0.2) is 0 Å². The Labute approximate surface area is 337 Å². The van der Waals surface area contributed by atoms with Crippen LogP contribution in [-0.2, 0) is 27.4 Å². The third kappa shape index (κ3) is 6.61. The van der Waals surface area contributed by atoms with Crippen molar-refractivity contribution in [2.75, 3.05) is 0 Å². The molecule has 278 valence electrons. The molecule has 1 saturated heterocycles. The van der Waals surface area contributed by atoms with E-state index in [0.29, 0.717) is 20.3 Å². The summed E-state index contributed by atoms with van der Waals surface area (Å²) in [7, 11) is 0. The molecule has 0 radical (unpaired) electrons. The van der Waals surface area contributed by atoms with Crippen LogP contribution in [0.3, 0.4) is 0 Å². The SMILES string of the molecule is CC(C)C1=Cc2c(-c3ccc(C(C)(C)C)cc3)cccc2[CH]1[Ti+2]1([CH]2C(C(C)C)=Cc3c(-c4ccc(C(C)(C)C)cc4)cccc32)[CH]2CCCC[CH]21.[Cl-].[Cl-]. The number of allylic oxidation sites excluding steroid dienone is 2. The van der Waals surface area contributed by atoms with Gasteiger partial charge in [0.05, 0.1) is 0 Å². The summed E-state index contributed by atoms with van der Waals surface area (Å²) in [5.41, 5.74) is 18.6. The average Bonchev–Trinajstić information content (AvgIpc) is 3.36. The second kappa shape index (κ2) is 14.6. The molecular weight excluding hydrogens is 719 g/mol. The number of hydrogen-bond acceptors (Lipinski definition) is 0. The Balaban J connectivity index is 0.00000240. The van der Waals surface area contributed by atoms with Crippen LogP contribution >= 0.6 is 0 Å². The number of rotatable bonds is 6. The van der Waals surface area contributed by atoms with Crippen LogP contribution in [0.1, 0.15) is 137 Å². The Morgan fingerprint density at radius 1 is 0.509 bits per heavy atom. The van der Waals surface area contributed by atoms with Gasteiger partial charge in [0.25, 0.3) is 0 Å². The Bertz CT molecular complexity index is 1880. The standard InChI is InChI=1S/2C22H25.C6H10.2ClH.Ti/c2*1-15(2)18-13-17-7-6-8-20(21(17)14-18)16-9-11-19(12-10-16)22(3,4)5;1-2-4-6-5-3-1;;;/h2*6-15H,1-5H3;1-2H,3-6H2;2*1H;/q;;;;;+2/p-2. The van der Waals surface area contributed by atoms with Gasteiger partial charge in [-0.3, -0.25) is 0 Å². The van der Waals surface area contributed by atoms with Crippen molar-refractivity contribution in [1.82, 2.24) is 0 Å². The maximum Gasteiger partial charge on any atom is -1.00 e. The van der Waals surface area contributed by atoms with Gasteiger partial charge in [0.1, 0.15) is 0 Å². The van der Waals surface area contributed by atoms with Crippen LogP contribution in [0.5, 0.6) is 0 Å². The summed E-state index contributed by atoms with van der Waals surface area (Å²) in [6, 6.07) is 33.8. The quantitative estimate of drug-likeness (QED) is 0.172. The summed E-state index contributed by atoms with van der Waals surface area (Å²) in [6.07, 6.45) is 11.2. The van der Waals surface area contributed by atoms with Gasteiger partial charge in [-0.15, -0.1) is 0 Å². The van der Waals surface area contributed by atoms with Crippen molar-refractivity contribution in [3.05, 3.63) is 129 Å². The predicted molar refractivity (Wildman–Crippen MR) is 218 cm³/mol. The fourth-order valence-corrected chi connectivity index (χ4v) is 25.6. The Morgan fingerprint density at radius 3 is 1.19 bits per heavy atom. The molecule has 0 spiro atoms. The van der Waals surface area contributed by atoms with E-state index < -0.39 is 16.6 Å². The molecule has 53 heavy (non-hydrogen) atoms. The van der Waals surface area contributed by atoms with Crippen molar-refractivity contribution in [2.45, 2.75) is 123 Å². The van der Waals surface area contributed by atoms with E-state index in [1.165, 1.54) is 70.2 Å². The molecule has 3 aliphatic carbocycles. The third-order valence-electron chi connectivity index (χ3n) is 13.6. The minimum Gasteiger partial charge on any atom is -1.00 e. The van der Waals surface area contributed by atoms with Gasteiger partial charge in [-0.2, -0.15) is 0 Å². The van der Waals surface area contributed by atoms with Gasteiger partial charge in [0, 0.05) is 0 Å². The summed E-state index contributed by atoms with van der Waals surface area (Å²) >= 11 is -2.76. The molecule has 8 rings (SSSR count). The maximum atomic E-state index is 2.71. The molecule has 1 aliphatic heterocycles. The number of benzene rings is 4. The fourth-order valence-electron chi connectivity index (χ4n) is 11.0. The Hall–Kier alpha value is -2.35. The molecule has 0 nitrogen and oxygen atoms in total. The van der Waals surface area contributed by atoms with E-state index >= 15 is 0 Å². The van der Waals surface area contributed by atoms with Gasteiger partial charge in [0.2, 0.25) is 0 Å². The molecule has 0 N–H and O–H groups in total. The van der Waals surface area contributed by atoms with Gasteiger partial charge < -0.3 is 24.8 Å². The number of fused-ring (bicyclic) bond motifs is 3. The van der Waals surface area contributed by atoms with Crippen molar-refractivity contribution in [3.8, 4) is 22.3 Å². The number of halogens is 2. The first-order valence-electron chi connectivity index (χ1n) is 20.1. The topological polar surface area (TPSA) is 0 Å². The van der Waals surface area contributed by atoms with Crippen molar-refractivity contribution in [1.29, 1.82) is 0 Å². The van der Waals surface area contributed by atoms with Crippen LogP contribution in [-0.4, -0.2) is 0 Å². The second-order valence-corrected chi connectivity index (χ2v) is 26.5. The zero-order chi connectivity index (χ0) is 36.0. The first-order chi connectivity index (χ1) is 24.2. The third-order valence-corrected chi connectivity index (χ3v) is 24.3. The molecule has 3 heteroatoms. The van der Waals surface area contributed by atoms with E-state index in [2.05, 4.69) is 166 Å². The largest absolute Gasteiger partial charge is 1.00 e. The predicted octanol–water partition coefficient (Wildman–Crippen LogP) is 8.83. The molecule has 0 amide bonds. The zero-order valence-corrected chi connectivity index (χ0v) is 36.9. The van der Waals surface area contributed by atoms with Gasteiger partial charge in [-0.1, -0.05) is 0 Å². The van der Waals surface area contributed by atoms with Crippen molar-refractivity contribution in [2.24, 2.45) is 11.8 Å². The number of hydrogen-bond donors (Lipinski definition) is 0. The monoisotopic (exact) mass is 778 g/mol. The second-order valence-electron chi connectivity index (χ2n) is 19.2. The average molecular weight is 780 g/mol. The van der Waals surface area contributed by atoms with Crippen molar-refractivity contribution >= 4 is 12.2 Å². The van der Waals surface area contributed by atoms with Crippen LogP contribution < -0.4 is 24.8 Å². The molecule has 0 aromatic heterocycles. The van der Waals surface area contributed by atoms with E-state index in [1.807, 2.05) is 0 Å². The molecule has 4 aromatic carbocycles. The summed E-state index contributed by atoms with van der Waals surface area (Å²) in [5, 5.41) is 0. The van der Waals surface area contributed by atoms with Gasteiger partial charge >= 0.3 is 315 Å². The fraction of sp³-hybridized carbons (Fsp3) is 0.440. The van der Waals surface area contributed by atoms with E-state index in [0.717, 1.165) is 8.45 Å². The normalized spacial score (nSPS) is 23.2. The Kier molecular flexibility index (Phi) is 11.1. The molecule has 4 aliphatic rings.